The summed E-state index contributed by atoms with van der Waals surface area (Å²) in [6, 6.07) is 17.7. The average molecular weight is 740 g/mol. The third kappa shape index (κ3) is 13.4. The second kappa shape index (κ2) is 22.5. The summed E-state index contributed by atoms with van der Waals surface area (Å²) < 4.78 is 30.9. The highest BCUT2D eigenvalue weighted by atomic mass is 16.7. The molecule has 2 aliphatic heterocycles. The SMILES string of the molecule is COC(CC(C)CCC(=O)N1C(=O)OC[C@@H]1Cc1ccccc1)OC.COC(CC(C)C[C@H](N=[N+]=[N-])C(=O)N1C(=O)OC[C@@H]1Cc1ccccc1)OC. The molecule has 2 aromatic rings. The number of hydrogen-bond donors (Lipinski definition) is 0. The molecule has 2 saturated heterocycles. The lowest BCUT2D eigenvalue weighted by Gasteiger charge is -2.25. The Morgan fingerprint density at radius 1 is 0.755 bits per heavy atom. The highest BCUT2D eigenvalue weighted by Gasteiger charge is 2.41. The zero-order valence-electron chi connectivity index (χ0n) is 31.5. The minimum atomic E-state index is -1.00. The van der Waals surface area contributed by atoms with Crippen LogP contribution in [0.3, 0.4) is 0 Å². The van der Waals surface area contributed by atoms with Gasteiger partial charge in [0.1, 0.15) is 19.3 Å². The van der Waals surface area contributed by atoms with Gasteiger partial charge < -0.3 is 28.4 Å². The van der Waals surface area contributed by atoms with Crippen LogP contribution in [0.25, 0.3) is 10.4 Å². The van der Waals surface area contributed by atoms with E-state index in [1.165, 1.54) is 19.1 Å². The van der Waals surface area contributed by atoms with Gasteiger partial charge in [-0.3, -0.25) is 9.59 Å². The van der Waals surface area contributed by atoms with Crippen molar-refractivity contribution in [1.82, 2.24) is 9.80 Å². The van der Waals surface area contributed by atoms with E-state index < -0.39 is 36.5 Å². The molecule has 2 aromatic carbocycles. The molecule has 15 heteroatoms. The standard InChI is InChI=1S/C19H26N4O5.C19H27NO5/c1-13(10-17(26-2)27-3)9-16(21-22-20)18(24)23-15(12-28-19(23)25)11-14-7-5-4-6-8-14;1-14(11-18(23-2)24-3)9-10-17(21)20-16(13-25-19(20)22)12-15-7-5-4-6-8-15/h4-8,13,15-17H,9-12H2,1-3H3;4-8,14,16,18H,9-13H2,1-3H3/t13?,15-,16-;14?,16-/m00/s1. The lowest BCUT2D eigenvalue weighted by molar-refractivity contribution is -0.132. The molecule has 15 nitrogen and oxygen atoms in total. The Kier molecular flexibility index (Phi) is 18.2. The number of nitrogens with zero attached hydrogens (tertiary/aromatic N) is 5. The molecule has 2 heterocycles. The van der Waals surface area contributed by atoms with E-state index in [1.54, 1.807) is 14.2 Å². The largest absolute Gasteiger partial charge is 0.447 e. The average Bonchev–Trinajstić information content (AvgIpc) is 3.72. The van der Waals surface area contributed by atoms with E-state index in [4.69, 9.17) is 34.0 Å². The van der Waals surface area contributed by atoms with Gasteiger partial charge in [-0.2, -0.15) is 0 Å². The predicted octanol–water partition coefficient (Wildman–Crippen LogP) is 6.29. The maximum absolute atomic E-state index is 13.0. The van der Waals surface area contributed by atoms with Crippen molar-refractivity contribution in [1.29, 1.82) is 0 Å². The Morgan fingerprint density at radius 2 is 1.21 bits per heavy atom. The first-order valence-corrected chi connectivity index (χ1v) is 17.8. The summed E-state index contributed by atoms with van der Waals surface area (Å²) in [5.41, 5.74) is 11.0. The second-order valence-corrected chi connectivity index (χ2v) is 13.3. The molecule has 0 saturated carbocycles. The van der Waals surface area contributed by atoms with Gasteiger partial charge in [0.2, 0.25) is 11.8 Å². The number of amides is 4. The van der Waals surface area contributed by atoms with Crippen molar-refractivity contribution >= 4 is 24.0 Å². The molecule has 2 fully saturated rings. The Hall–Kier alpha value is -4.53. The van der Waals surface area contributed by atoms with Gasteiger partial charge in [0, 0.05) is 52.6 Å². The topological polar surface area (TPSA) is 179 Å². The fraction of sp³-hybridized carbons (Fsp3) is 0.579. The number of cyclic esters (lactones) is 2. The van der Waals surface area contributed by atoms with Crippen molar-refractivity contribution in [3.63, 3.8) is 0 Å². The van der Waals surface area contributed by atoms with Gasteiger partial charge in [0.25, 0.3) is 0 Å². The van der Waals surface area contributed by atoms with Gasteiger partial charge in [0.05, 0.1) is 12.1 Å². The summed E-state index contributed by atoms with van der Waals surface area (Å²) in [6.45, 7) is 4.32. The van der Waals surface area contributed by atoms with Crippen LogP contribution in [0.5, 0.6) is 0 Å². The minimum Gasteiger partial charge on any atom is -0.447 e. The normalized spacial score (nSPS) is 18.5. The molecule has 0 aromatic heterocycles. The number of methoxy groups -OCH3 is 4. The number of ether oxygens (including phenoxy) is 6. The summed E-state index contributed by atoms with van der Waals surface area (Å²) >= 11 is 0. The van der Waals surface area contributed by atoms with Crippen molar-refractivity contribution < 1.29 is 47.6 Å². The van der Waals surface area contributed by atoms with E-state index in [9.17, 15) is 19.2 Å². The lowest BCUT2D eigenvalue weighted by Crippen LogP contribution is -2.45. The highest BCUT2D eigenvalue weighted by Crippen LogP contribution is 2.24. The van der Waals surface area contributed by atoms with Crippen molar-refractivity contribution in [2.45, 2.75) is 89.5 Å². The third-order valence-electron chi connectivity index (χ3n) is 9.25. The molecule has 0 spiro atoms. The first kappa shape index (κ1) is 42.9. The fourth-order valence-electron chi connectivity index (χ4n) is 6.31. The molecule has 0 radical (unpaired) electrons. The quantitative estimate of drug-likeness (QED) is 0.0688. The number of azide groups is 1. The van der Waals surface area contributed by atoms with Gasteiger partial charge in [-0.05, 0) is 54.2 Å². The van der Waals surface area contributed by atoms with Crippen LogP contribution in [-0.4, -0.2) is 106 Å². The molecule has 2 unspecified atom stereocenters. The maximum atomic E-state index is 13.0. The van der Waals surface area contributed by atoms with E-state index in [-0.39, 0.29) is 49.7 Å². The summed E-state index contributed by atoms with van der Waals surface area (Å²) in [5.74, 6) is -0.503. The monoisotopic (exact) mass is 739 g/mol. The summed E-state index contributed by atoms with van der Waals surface area (Å²) in [5, 5.41) is 3.64. The molecule has 2 aliphatic rings. The first-order chi connectivity index (χ1) is 25.5. The van der Waals surface area contributed by atoms with Crippen LogP contribution in [0.4, 0.5) is 9.59 Å². The van der Waals surface area contributed by atoms with Crippen LogP contribution in [0.15, 0.2) is 65.8 Å². The molecule has 53 heavy (non-hydrogen) atoms. The summed E-state index contributed by atoms with van der Waals surface area (Å²) in [7, 11) is 6.26. The number of hydrogen-bond acceptors (Lipinski definition) is 11. The van der Waals surface area contributed by atoms with Crippen molar-refractivity contribution in [3.05, 3.63) is 82.2 Å². The molecular weight excluding hydrogens is 686 g/mol. The van der Waals surface area contributed by atoms with Crippen molar-refractivity contribution in [3.8, 4) is 0 Å². The van der Waals surface area contributed by atoms with Crippen LogP contribution >= 0.6 is 0 Å². The Bertz CT molecular complexity index is 1480. The van der Waals surface area contributed by atoms with E-state index in [2.05, 4.69) is 10.0 Å². The summed E-state index contributed by atoms with van der Waals surface area (Å²) in [4.78, 5) is 54.9. The lowest BCUT2D eigenvalue weighted by atomic mass is 9.97. The number of imide groups is 2. The molecule has 4 rings (SSSR count). The van der Waals surface area contributed by atoms with Crippen molar-refractivity contribution in [2.75, 3.05) is 41.7 Å². The van der Waals surface area contributed by atoms with Crippen LogP contribution in [0, 0.1) is 11.8 Å². The Balaban J connectivity index is 0.000000287. The van der Waals surface area contributed by atoms with Gasteiger partial charge >= 0.3 is 12.2 Å². The Morgan fingerprint density at radius 3 is 1.68 bits per heavy atom. The fourth-order valence-corrected chi connectivity index (χ4v) is 6.31. The van der Waals surface area contributed by atoms with Gasteiger partial charge in [-0.15, -0.1) is 0 Å². The van der Waals surface area contributed by atoms with E-state index in [0.717, 1.165) is 16.0 Å². The third-order valence-corrected chi connectivity index (χ3v) is 9.25. The second-order valence-electron chi connectivity index (χ2n) is 13.3. The molecule has 0 bridgehead atoms. The minimum absolute atomic E-state index is 0.0319. The van der Waals surface area contributed by atoms with Crippen LogP contribution < -0.4 is 0 Å². The zero-order chi connectivity index (χ0) is 38.8. The van der Waals surface area contributed by atoms with E-state index in [1.807, 2.05) is 74.5 Å². The molecule has 4 amide bonds. The number of rotatable bonds is 19. The molecule has 5 atom stereocenters. The highest BCUT2D eigenvalue weighted by molar-refractivity contribution is 5.96. The maximum Gasteiger partial charge on any atom is 0.416 e. The van der Waals surface area contributed by atoms with Gasteiger partial charge in [-0.1, -0.05) is 79.6 Å². The number of benzene rings is 2. The number of carbonyl (C=O) groups is 4. The van der Waals surface area contributed by atoms with Crippen molar-refractivity contribution in [2.24, 2.45) is 17.0 Å². The molecule has 0 aliphatic carbocycles. The first-order valence-electron chi connectivity index (χ1n) is 17.8. The molecular formula is C38H53N5O10. The summed E-state index contributed by atoms with van der Waals surface area (Å²) in [6.07, 6.45) is 1.64. The van der Waals surface area contributed by atoms with Gasteiger partial charge in [-0.25, -0.2) is 19.4 Å². The molecule has 0 N–H and O–H groups in total. The van der Waals surface area contributed by atoms with E-state index >= 15 is 0 Å². The Labute approximate surface area is 311 Å². The van der Waals surface area contributed by atoms with Gasteiger partial charge in [0.15, 0.2) is 12.6 Å². The smallest absolute Gasteiger partial charge is 0.416 e. The zero-order valence-corrected chi connectivity index (χ0v) is 31.5. The van der Waals surface area contributed by atoms with Crippen LogP contribution in [0.2, 0.25) is 0 Å². The van der Waals surface area contributed by atoms with Crippen LogP contribution in [-0.2, 0) is 50.9 Å². The molecule has 290 valence electrons. The predicted molar refractivity (Wildman–Crippen MR) is 194 cm³/mol. The number of carbonyl (C=O) groups excluding carboxylic acids is 4. The van der Waals surface area contributed by atoms with Crippen LogP contribution in [0.1, 0.15) is 57.1 Å². The van der Waals surface area contributed by atoms with E-state index in [0.29, 0.717) is 38.5 Å².